The van der Waals surface area contributed by atoms with E-state index >= 15 is 0 Å². The quantitative estimate of drug-likeness (QED) is 0.357. The summed E-state index contributed by atoms with van der Waals surface area (Å²) in [6.07, 6.45) is 1.77. The summed E-state index contributed by atoms with van der Waals surface area (Å²) in [6.45, 7) is 5.68. The third-order valence-electron chi connectivity index (χ3n) is 4.39. The molecule has 0 radical (unpaired) electrons. The number of unbranched alkanes of at least 4 members (excludes halogenated alkanes) is 1. The van der Waals surface area contributed by atoms with E-state index in [1.54, 1.807) is 12.1 Å². The van der Waals surface area contributed by atoms with Crippen LogP contribution in [0.4, 0.5) is 0 Å². The van der Waals surface area contributed by atoms with Crippen LogP contribution in [0.5, 0.6) is 5.75 Å². The van der Waals surface area contributed by atoms with E-state index in [0.29, 0.717) is 23.3 Å². The van der Waals surface area contributed by atoms with Gasteiger partial charge in [0, 0.05) is 23.7 Å². The van der Waals surface area contributed by atoms with Gasteiger partial charge in [-0.05, 0) is 43.7 Å². The maximum absolute atomic E-state index is 12.8. The van der Waals surface area contributed by atoms with E-state index in [4.69, 9.17) is 9.47 Å². The molecule has 5 nitrogen and oxygen atoms in total. The van der Waals surface area contributed by atoms with E-state index in [1.165, 1.54) is 6.92 Å². The molecule has 0 aliphatic rings. The molecule has 0 spiro atoms. The van der Waals surface area contributed by atoms with Crippen LogP contribution < -0.4 is 4.74 Å². The smallest absolute Gasteiger partial charge is 0.340 e. The highest BCUT2D eigenvalue weighted by Crippen LogP contribution is 2.32. The van der Waals surface area contributed by atoms with Crippen LogP contribution in [0.3, 0.4) is 0 Å². The Balaban J connectivity index is 2.17. The van der Waals surface area contributed by atoms with E-state index < -0.39 is 5.97 Å². The molecule has 1 heterocycles. The normalized spacial score (nSPS) is 10.8. The number of carbonyl (C=O) groups excluding carboxylic acids is 2. The summed E-state index contributed by atoms with van der Waals surface area (Å²) in [7, 11) is 0. The standard InChI is InChI=1S/C22H23NO4/c1-4-5-13-26-22(25)21-15(2)23(17-9-7-6-8-10-17)20-12-11-18(14-19(20)21)27-16(3)24/h6-12,14H,4-5,13H2,1-3H3. The predicted molar refractivity (Wildman–Crippen MR) is 105 cm³/mol. The van der Waals surface area contributed by atoms with Crippen LogP contribution in [0.2, 0.25) is 0 Å². The lowest BCUT2D eigenvalue weighted by Gasteiger charge is -2.09. The molecule has 0 fully saturated rings. The molecule has 0 amide bonds. The van der Waals surface area contributed by atoms with Crippen molar-refractivity contribution in [3.05, 3.63) is 59.8 Å². The van der Waals surface area contributed by atoms with Gasteiger partial charge in [-0.15, -0.1) is 0 Å². The van der Waals surface area contributed by atoms with Gasteiger partial charge in [0.1, 0.15) is 5.75 Å². The molecule has 0 N–H and O–H groups in total. The molecule has 0 saturated heterocycles. The van der Waals surface area contributed by atoms with Crippen LogP contribution in [-0.4, -0.2) is 23.1 Å². The van der Waals surface area contributed by atoms with Crippen molar-refractivity contribution in [3.63, 3.8) is 0 Å². The van der Waals surface area contributed by atoms with Crippen molar-refractivity contribution in [2.45, 2.75) is 33.6 Å². The van der Waals surface area contributed by atoms with Crippen LogP contribution in [-0.2, 0) is 9.53 Å². The van der Waals surface area contributed by atoms with Gasteiger partial charge in [-0.25, -0.2) is 4.79 Å². The van der Waals surface area contributed by atoms with Crippen molar-refractivity contribution >= 4 is 22.8 Å². The van der Waals surface area contributed by atoms with Crippen molar-refractivity contribution in [3.8, 4) is 11.4 Å². The van der Waals surface area contributed by atoms with Crippen LogP contribution in [0.25, 0.3) is 16.6 Å². The first-order chi connectivity index (χ1) is 13.0. The van der Waals surface area contributed by atoms with E-state index in [1.807, 2.05) is 54.8 Å². The minimum absolute atomic E-state index is 0.361. The molecule has 140 valence electrons. The number of hydrogen-bond donors (Lipinski definition) is 0. The van der Waals surface area contributed by atoms with Crippen molar-refractivity contribution in [2.24, 2.45) is 0 Å². The number of carbonyl (C=O) groups is 2. The van der Waals surface area contributed by atoms with Gasteiger partial charge in [0.15, 0.2) is 0 Å². The zero-order valence-corrected chi connectivity index (χ0v) is 15.8. The number of ether oxygens (including phenoxy) is 2. The Morgan fingerprint density at radius 2 is 1.81 bits per heavy atom. The summed E-state index contributed by atoms with van der Waals surface area (Å²) < 4.78 is 12.7. The minimum Gasteiger partial charge on any atom is -0.462 e. The molecular weight excluding hydrogens is 342 g/mol. The summed E-state index contributed by atoms with van der Waals surface area (Å²) in [6, 6.07) is 15.1. The van der Waals surface area contributed by atoms with E-state index in [-0.39, 0.29) is 5.97 Å². The molecule has 0 saturated carbocycles. The fourth-order valence-corrected chi connectivity index (χ4v) is 3.18. The zero-order valence-electron chi connectivity index (χ0n) is 15.8. The fourth-order valence-electron chi connectivity index (χ4n) is 3.18. The van der Waals surface area contributed by atoms with Gasteiger partial charge in [0.05, 0.1) is 17.7 Å². The molecule has 0 aliphatic carbocycles. The van der Waals surface area contributed by atoms with Crippen LogP contribution in [0.1, 0.15) is 42.7 Å². The average Bonchev–Trinajstić information content (AvgIpc) is 2.93. The largest absolute Gasteiger partial charge is 0.462 e. The monoisotopic (exact) mass is 365 g/mol. The molecule has 27 heavy (non-hydrogen) atoms. The van der Waals surface area contributed by atoms with Crippen molar-refractivity contribution in [1.29, 1.82) is 0 Å². The Hall–Kier alpha value is -3.08. The van der Waals surface area contributed by atoms with E-state index in [9.17, 15) is 9.59 Å². The Labute approximate surface area is 158 Å². The van der Waals surface area contributed by atoms with Gasteiger partial charge in [0.2, 0.25) is 0 Å². The minimum atomic E-state index is -0.402. The lowest BCUT2D eigenvalue weighted by molar-refractivity contribution is -0.131. The number of hydrogen-bond acceptors (Lipinski definition) is 4. The van der Waals surface area contributed by atoms with Gasteiger partial charge in [-0.1, -0.05) is 31.5 Å². The van der Waals surface area contributed by atoms with Crippen molar-refractivity contribution in [1.82, 2.24) is 4.57 Å². The SMILES string of the molecule is CCCCOC(=O)c1c(C)n(-c2ccccc2)c2ccc(OC(C)=O)cc12. The van der Waals surface area contributed by atoms with Gasteiger partial charge in [-0.3, -0.25) is 4.79 Å². The van der Waals surface area contributed by atoms with Gasteiger partial charge >= 0.3 is 11.9 Å². The maximum Gasteiger partial charge on any atom is 0.340 e. The third kappa shape index (κ3) is 3.87. The van der Waals surface area contributed by atoms with Crippen molar-refractivity contribution in [2.75, 3.05) is 6.61 Å². The lowest BCUT2D eigenvalue weighted by Crippen LogP contribution is -2.08. The molecule has 0 unspecified atom stereocenters. The topological polar surface area (TPSA) is 57.5 Å². The molecule has 5 heteroatoms. The molecule has 3 aromatic rings. The Kier molecular flexibility index (Phi) is 5.60. The summed E-state index contributed by atoms with van der Waals surface area (Å²) in [5.41, 5.74) is 3.10. The molecule has 0 bridgehead atoms. The van der Waals surface area contributed by atoms with Crippen molar-refractivity contribution < 1.29 is 19.1 Å². The highest BCUT2D eigenvalue weighted by atomic mass is 16.5. The molecule has 1 aromatic heterocycles. The number of fused-ring (bicyclic) bond motifs is 1. The van der Waals surface area contributed by atoms with Gasteiger partial charge < -0.3 is 14.0 Å². The Morgan fingerprint density at radius 1 is 1.07 bits per heavy atom. The summed E-state index contributed by atoms with van der Waals surface area (Å²) in [4.78, 5) is 24.1. The zero-order chi connectivity index (χ0) is 19.4. The second-order valence-electron chi connectivity index (χ2n) is 6.39. The summed E-state index contributed by atoms with van der Waals surface area (Å²) in [5, 5.41) is 0.705. The number of rotatable bonds is 6. The number of aromatic nitrogens is 1. The molecule has 0 aliphatic heterocycles. The van der Waals surface area contributed by atoms with Gasteiger partial charge in [0.25, 0.3) is 0 Å². The number of benzene rings is 2. The average molecular weight is 365 g/mol. The molecule has 2 aromatic carbocycles. The highest BCUT2D eigenvalue weighted by Gasteiger charge is 2.22. The number of nitrogens with zero attached hydrogens (tertiary/aromatic N) is 1. The predicted octanol–water partition coefficient (Wildman–Crippen LogP) is 4.82. The second-order valence-corrected chi connectivity index (χ2v) is 6.39. The highest BCUT2D eigenvalue weighted by molar-refractivity contribution is 6.07. The lowest BCUT2D eigenvalue weighted by atomic mass is 10.1. The van der Waals surface area contributed by atoms with Crippen LogP contribution in [0, 0.1) is 6.92 Å². The maximum atomic E-state index is 12.8. The molecule has 0 atom stereocenters. The first-order valence-electron chi connectivity index (χ1n) is 9.09. The van der Waals surface area contributed by atoms with Crippen LogP contribution >= 0.6 is 0 Å². The number of esters is 2. The summed E-state index contributed by atoms with van der Waals surface area (Å²) >= 11 is 0. The summed E-state index contributed by atoms with van der Waals surface area (Å²) in [5.74, 6) is -0.357. The third-order valence-corrected chi connectivity index (χ3v) is 4.39. The molecule has 3 rings (SSSR count). The fraction of sp³-hybridized carbons (Fsp3) is 0.273. The Bertz CT molecular complexity index is 973. The first-order valence-corrected chi connectivity index (χ1v) is 9.09. The van der Waals surface area contributed by atoms with E-state index in [0.717, 1.165) is 29.7 Å². The second kappa shape index (κ2) is 8.08. The first kappa shape index (κ1) is 18.7. The number of para-hydroxylation sites is 1. The van der Waals surface area contributed by atoms with Crippen LogP contribution in [0.15, 0.2) is 48.5 Å². The van der Waals surface area contributed by atoms with E-state index in [2.05, 4.69) is 0 Å². The Morgan fingerprint density at radius 3 is 2.48 bits per heavy atom. The molecular formula is C22H23NO4. The van der Waals surface area contributed by atoms with Gasteiger partial charge in [-0.2, -0.15) is 0 Å².